The van der Waals surface area contributed by atoms with Crippen molar-refractivity contribution in [3.63, 3.8) is 0 Å². The molecule has 0 atom stereocenters. The number of hydrogen-bond acceptors (Lipinski definition) is 4. The number of carboxylic acid groups (broad SMARTS) is 1. The molecule has 0 rings (SSSR count). The van der Waals surface area contributed by atoms with Crippen LogP contribution in [0.1, 0.15) is 41.0 Å². The van der Waals surface area contributed by atoms with E-state index >= 15 is 0 Å². The normalized spacial score (nSPS) is 12.8. The lowest BCUT2D eigenvalue weighted by Gasteiger charge is -2.30. The second kappa shape index (κ2) is 6.18. The molecule has 0 radical (unpaired) electrons. The van der Waals surface area contributed by atoms with E-state index in [1.807, 2.05) is 13.8 Å². The number of rotatable bonds is 7. The minimum atomic E-state index is -1.03. The van der Waals surface area contributed by atoms with Crippen LogP contribution in [0.2, 0.25) is 0 Å². The second-order valence-electron chi connectivity index (χ2n) is 5.56. The third kappa shape index (κ3) is 9.89. The van der Waals surface area contributed by atoms with Crippen molar-refractivity contribution in [1.82, 2.24) is 0 Å². The van der Waals surface area contributed by atoms with Crippen molar-refractivity contribution in [1.29, 1.82) is 0 Å². The van der Waals surface area contributed by atoms with E-state index in [2.05, 4.69) is 25.5 Å². The third-order valence-corrected chi connectivity index (χ3v) is 1.60. The summed E-state index contributed by atoms with van der Waals surface area (Å²) in [5.41, 5.74) is -0.292. The van der Waals surface area contributed by atoms with Crippen molar-refractivity contribution in [2.24, 2.45) is 5.41 Å². The zero-order chi connectivity index (χ0) is 12.8. The molecule has 0 aliphatic rings. The van der Waals surface area contributed by atoms with E-state index < -0.39 is 11.6 Å². The van der Waals surface area contributed by atoms with Crippen molar-refractivity contribution in [3.8, 4) is 0 Å². The molecular formula is C11H22O5. The lowest BCUT2D eigenvalue weighted by molar-refractivity contribution is -0.387. The van der Waals surface area contributed by atoms with Crippen LogP contribution in [0, 0.1) is 5.41 Å². The van der Waals surface area contributed by atoms with Gasteiger partial charge in [-0.15, -0.1) is 0 Å². The van der Waals surface area contributed by atoms with Crippen molar-refractivity contribution < 1.29 is 24.4 Å². The van der Waals surface area contributed by atoms with Crippen LogP contribution in [0.15, 0.2) is 0 Å². The molecule has 1 N–H and O–H groups in total. The molecule has 0 amide bonds. The summed E-state index contributed by atoms with van der Waals surface area (Å²) in [5, 5.41) is 8.30. The van der Waals surface area contributed by atoms with Gasteiger partial charge in [0.2, 0.25) is 0 Å². The van der Waals surface area contributed by atoms with Crippen LogP contribution >= 0.6 is 0 Å². The van der Waals surface area contributed by atoms with Gasteiger partial charge in [0, 0.05) is 0 Å². The number of hydrogen-bond donors (Lipinski definition) is 1. The first kappa shape index (κ1) is 15.3. The summed E-state index contributed by atoms with van der Waals surface area (Å²) in [6.07, 6.45) is 0.818. The first-order chi connectivity index (χ1) is 7.12. The van der Waals surface area contributed by atoms with Crippen LogP contribution in [0.25, 0.3) is 0 Å². The average molecular weight is 234 g/mol. The summed E-state index contributed by atoms with van der Waals surface area (Å²) in [7, 11) is 0. The molecule has 16 heavy (non-hydrogen) atoms. The van der Waals surface area contributed by atoms with Gasteiger partial charge in [-0.3, -0.25) is 0 Å². The molecule has 96 valence electrons. The van der Waals surface area contributed by atoms with Gasteiger partial charge in [-0.2, -0.15) is 0 Å². The van der Waals surface area contributed by atoms with Gasteiger partial charge in [-0.05, 0) is 25.7 Å². The lowest BCUT2D eigenvalue weighted by Crippen LogP contribution is -2.30. The van der Waals surface area contributed by atoms with E-state index in [4.69, 9.17) is 14.9 Å². The molecule has 0 aliphatic carbocycles. The van der Waals surface area contributed by atoms with Gasteiger partial charge in [-0.25, -0.2) is 14.6 Å². The molecule has 0 aromatic rings. The topological polar surface area (TPSA) is 65.0 Å². The Morgan fingerprint density at radius 2 is 1.75 bits per heavy atom. The molecule has 0 aromatic carbocycles. The Labute approximate surface area is 96.6 Å². The predicted octanol–water partition coefficient (Wildman–Crippen LogP) is 2.21. The fourth-order valence-corrected chi connectivity index (χ4v) is 1.65. The van der Waals surface area contributed by atoms with Crippen LogP contribution in [0.5, 0.6) is 0 Å². The minimum absolute atomic E-state index is 0.134. The van der Waals surface area contributed by atoms with Crippen molar-refractivity contribution >= 4 is 5.97 Å². The van der Waals surface area contributed by atoms with Gasteiger partial charge in [0.1, 0.15) is 6.61 Å². The molecule has 0 saturated heterocycles. The smallest absolute Gasteiger partial charge is 0.329 e. The molecule has 0 bridgehead atoms. The summed E-state index contributed by atoms with van der Waals surface area (Å²) < 4.78 is 4.67. The highest BCUT2D eigenvalue weighted by molar-refractivity contribution is 5.67. The summed E-state index contributed by atoms with van der Waals surface area (Å²) >= 11 is 0. The molecule has 5 heteroatoms. The van der Waals surface area contributed by atoms with Gasteiger partial charge < -0.3 is 9.84 Å². The van der Waals surface area contributed by atoms with Gasteiger partial charge in [0.05, 0.1) is 5.60 Å². The SMILES string of the molecule is CC(C)(C)CC(C)(C)OOCOCC(=O)O. The van der Waals surface area contributed by atoms with Crippen LogP contribution in [0.3, 0.4) is 0 Å². The van der Waals surface area contributed by atoms with Crippen LogP contribution in [-0.2, 0) is 19.3 Å². The fraction of sp³-hybridized carbons (Fsp3) is 0.909. The van der Waals surface area contributed by atoms with E-state index in [9.17, 15) is 4.79 Å². The van der Waals surface area contributed by atoms with Crippen LogP contribution in [-0.4, -0.2) is 30.1 Å². The maximum absolute atomic E-state index is 10.1. The van der Waals surface area contributed by atoms with E-state index in [1.54, 1.807) is 0 Å². The standard InChI is InChI=1S/C11H22O5/c1-10(2,3)7-11(4,5)16-15-8-14-6-9(12)13/h6-8H2,1-5H3,(H,12,13). The summed E-state index contributed by atoms with van der Waals surface area (Å²) in [6, 6.07) is 0. The Morgan fingerprint density at radius 1 is 1.19 bits per heavy atom. The largest absolute Gasteiger partial charge is 0.480 e. The monoisotopic (exact) mass is 234 g/mol. The Hall–Kier alpha value is -0.650. The highest BCUT2D eigenvalue weighted by atomic mass is 17.2. The number of carbonyl (C=O) groups is 1. The van der Waals surface area contributed by atoms with Crippen molar-refractivity contribution in [2.75, 3.05) is 13.4 Å². The summed E-state index contributed by atoms with van der Waals surface area (Å²) in [5.74, 6) is -1.03. The van der Waals surface area contributed by atoms with Crippen LogP contribution in [0.4, 0.5) is 0 Å². The molecule has 0 saturated carbocycles. The van der Waals surface area contributed by atoms with Gasteiger partial charge in [-0.1, -0.05) is 20.8 Å². The summed E-state index contributed by atoms with van der Waals surface area (Å²) in [6.45, 7) is 9.59. The lowest BCUT2D eigenvalue weighted by atomic mass is 9.84. The Bertz CT molecular complexity index is 217. The quantitative estimate of drug-likeness (QED) is 0.316. The molecular weight excluding hydrogens is 212 g/mol. The molecule has 5 nitrogen and oxygen atoms in total. The second-order valence-corrected chi connectivity index (χ2v) is 5.56. The Balaban J connectivity index is 3.70. The zero-order valence-electron chi connectivity index (χ0n) is 10.7. The van der Waals surface area contributed by atoms with Gasteiger partial charge in [0.15, 0.2) is 6.79 Å². The molecule has 0 spiro atoms. The van der Waals surface area contributed by atoms with Crippen molar-refractivity contribution in [3.05, 3.63) is 0 Å². The van der Waals surface area contributed by atoms with Gasteiger partial charge >= 0.3 is 5.97 Å². The minimum Gasteiger partial charge on any atom is -0.480 e. The predicted molar refractivity (Wildman–Crippen MR) is 58.8 cm³/mol. The molecule has 0 fully saturated rings. The highest BCUT2D eigenvalue weighted by Gasteiger charge is 2.27. The first-order valence-corrected chi connectivity index (χ1v) is 5.23. The van der Waals surface area contributed by atoms with E-state index in [0.29, 0.717) is 0 Å². The highest BCUT2D eigenvalue weighted by Crippen LogP contribution is 2.29. The first-order valence-electron chi connectivity index (χ1n) is 5.23. The molecule has 0 unspecified atom stereocenters. The van der Waals surface area contributed by atoms with Gasteiger partial charge in [0.25, 0.3) is 0 Å². The average Bonchev–Trinajstić information content (AvgIpc) is 1.97. The van der Waals surface area contributed by atoms with E-state index in [1.165, 1.54) is 0 Å². The Kier molecular flexibility index (Phi) is 5.92. The molecule has 0 aromatic heterocycles. The summed E-state index contributed by atoms with van der Waals surface area (Å²) in [4.78, 5) is 20.1. The number of carboxylic acids is 1. The fourth-order valence-electron chi connectivity index (χ4n) is 1.65. The molecule has 0 aliphatic heterocycles. The zero-order valence-corrected chi connectivity index (χ0v) is 10.7. The number of ether oxygens (including phenoxy) is 1. The maximum Gasteiger partial charge on any atom is 0.329 e. The number of aliphatic carboxylic acids is 1. The van der Waals surface area contributed by atoms with Crippen molar-refractivity contribution in [2.45, 2.75) is 46.6 Å². The van der Waals surface area contributed by atoms with E-state index in [-0.39, 0.29) is 18.8 Å². The maximum atomic E-state index is 10.1. The Morgan fingerprint density at radius 3 is 2.19 bits per heavy atom. The molecule has 0 heterocycles. The third-order valence-electron chi connectivity index (χ3n) is 1.60. The van der Waals surface area contributed by atoms with E-state index in [0.717, 1.165) is 6.42 Å². The van der Waals surface area contributed by atoms with Crippen LogP contribution < -0.4 is 0 Å².